The van der Waals surface area contributed by atoms with Crippen molar-refractivity contribution in [3.8, 4) is 0 Å². The van der Waals surface area contributed by atoms with Crippen molar-refractivity contribution >= 4 is 16.9 Å². The molecule has 3 heteroatoms. The van der Waals surface area contributed by atoms with E-state index in [0.717, 1.165) is 11.8 Å². The number of nitrogens with one attached hydrogen (secondary N) is 1. The molecule has 1 saturated carbocycles. The van der Waals surface area contributed by atoms with Gasteiger partial charge in [0, 0.05) is 11.8 Å². The van der Waals surface area contributed by atoms with Crippen molar-refractivity contribution in [3.05, 3.63) is 0 Å². The van der Waals surface area contributed by atoms with Crippen LogP contribution in [0, 0.1) is 17.8 Å². The predicted molar refractivity (Wildman–Crippen MR) is 82.2 cm³/mol. The summed E-state index contributed by atoms with van der Waals surface area (Å²) < 4.78 is 0. The van der Waals surface area contributed by atoms with Gasteiger partial charge in [-0.15, -0.1) is 0 Å². The van der Waals surface area contributed by atoms with Crippen LogP contribution in [0.1, 0.15) is 53.4 Å². The van der Waals surface area contributed by atoms with Gasteiger partial charge >= 0.3 is 0 Å². The zero-order chi connectivity index (χ0) is 13.1. The maximum absolute atomic E-state index is 4.84. The van der Waals surface area contributed by atoms with Crippen molar-refractivity contribution in [2.75, 3.05) is 5.75 Å². The van der Waals surface area contributed by atoms with Crippen LogP contribution in [0.25, 0.3) is 0 Å². The molecule has 3 unspecified atom stereocenters. The van der Waals surface area contributed by atoms with Gasteiger partial charge in [-0.3, -0.25) is 4.99 Å². The van der Waals surface area contributed by atoms with Crippen LogP contribution in [0.5, 0.6) is 0 Å². The Bertz CT molecular complexity index is 299. The van der Waals surface area contributed by atoms with Crippen molar-refractivity contribution in [2.45, 2.75) is 65.5 Å². The second kappa shape index (κ2) is 6.31. The van der Waals surface area contributed by atoms with Crippen LogP contribution in [-0.2, 0) is 0 Å². The van der Waals surface area contributed by atoms with Gasteiger partial charge in [-0.1, -0.05) is 52.3 Å². The fourth-order valence-corrected chi connectivity index (χ4v) is 4.34. The summed E-state index contributed by atoms with van der Waals surface area (Å²) >= 11 is 1.93. The topological polar surface area (TPSA) is 24.4 Å². The highest BCUT2D eigenvalue weighted by Gasteiger charge is 2.30. The number of thioether (sulfide) groups is 1. The van der Waals surface area contributed by atoms with Gasteiger partial charge in [-0.05, 0) is 30.6 Å². The van der Waals surface area contributed by atoms with Gasteiger partial charge in [-0.25, -0.2) is 0 Å². The molecule has 1 aliphatic carbocycles. The zero-order valence-electron chi connectivity index (χ0n) is 12.3. The van der Waals surface area contributed by atoms with E-state index in [4.69, 9.17) is 4.99 Å². The van der Waals surface area contributed by atoms with Crippen LogP contribution in [0.15, 0.2) is 4.99 Å². The lowest BCUT2D eigenvalue weighted by Gasteiger charge is -2.35. The van der Waals surface area contributed by atoms with Crippen molar-refractivity contribution in [2.24, 2.45) is 22.7 Å². The molecule has 1 heterocycles. The maximum atomic E-state index is 4.84. The summed E-state index contributed by atoms with van der Waals surface area (Å²) in [5, 5.41) is 4.96. The van der Waals surface area contributed by atoms with E-state index in [9.17, 15) is 0 Å². The molecule has 3 atom stereocenters. The van der Waals surface area contributed by atoms with Crippen molar-refractivity contribution in [3.63, 3.8) is 0 Å². The summed E-state index contributed by atoms with van der Waals surface area (Å²) in [4.78, 5) is 4.84. The second-order valence-electron chi connectivity index (χ2n) is 6.50. The molecule has 1 fully saturated rings. The third-order valence-electron chi connectivity index (χ3n) is 4.43. The van der Waals surface area contributed by atoms with Gasteiger partial charge < -0.3 is 5.32 Å². The summed E-state index contributed by atoms with van der Waals surface area (Å²) in [6.45, 7) is 9.28. The van der Waals surface area contributed by atoms with E-state index in [1.807, 2.05) is 11.8 Å². The Morgan fingerprint density at radius 1 is 1.11 bits per heavy atom. The zero-order valence-corrected chi connectivity index (χ0v) is 13.1. The summed E-state index contributed by atoms with van der Waals surface area (Å²) in [7, 11) is 0. The van der Waals surface area contributed by atoms with Crippen LogP contribution in [0.2, 0.25) is 0 Å². The molecule has 1 aliphatic heterocycles. The van der Waals surface area contributed by atoms with Crippen molar-refractivity contribution in [1.82, 2.24) is 5.32 Å². The first-order valence-corrected chi connectivity index (χ1v) is 8.53. The van der Waals surface area contributed by atoms with Gasteiger partial charge in [-0.2, -0.15) is 0 Å². The largest absolute Gasteiger partial charge is 0.362 e. The molecule has 0 amide bonds. The van der Waals surface area contributed by atoms with Crippen LogP contribution in [0.3, 0.4) is 0 Å². The number of nitrogens with zero attached hydrogens (tertiary/aromatic N) is 1. The standard InChI is InChI=1S/C15H28N2S/c1-10(2)12-7-5-6-8-13(12)16-15-17-14(9-18-15)11(3)4/h10-14H,5-9H2,1-4H3,(H,16,17). The monoisotopic (exact) mass is 268 g/mol. The van der Waals surface area contributed by atoms with Crippen LogP contribution in [-0.4, -0.2) is 23.0 Å². The van der Waals surface area contributed by atoms with Crippen LogP contribution in [0.4, 0.5) is 0 Å². The average Bonchev–Trinajstić information content (AvgIpc) is 2.78. The maximum Gasteiger partial charge on any atom is 0.157 e. The summed E-state index contributed by atoms with van der Waals surface area (Å²) in [6.07, 6.45) is 5.51. The van der Waals surface area contributed by atoms with E-state index < -0.39 is 0 Å². The minimum absolute atomic E-state index is 0.526. The highest BCUT2D eigenvalue weighted by molar-refractivity contribution is 8.14. The molecule has 2 aliphatic rings. The Kier molecular flexibility index (Phi) is 4.99. The van der Waals surface area contributed by atoms with Crippen molar-refractivity contribution in [1.29, 1.82) is 0 Å². The lowest BCUT2D eigenvalue weighted by Crippen LogP contribution is -2.42. The second-order valence-corrected chi connectivity index (χ2v) is 7.51. The SMILES string of the molecule is CC(C)C1CSC(NC2CCCCC2C(C)C)=N1. The normalized spacial score (nSPS) is 33.0. The Morgan fingerprint density at radius 2 is 1.83 bits per heavy atom. The van der Waals surface area contributed by atoms with Gasteiger partial charge in [0.2, 0.25) is 0 Å². The quantitative estimate of drug-likeness (QED) is 0.839. The predicted octanol–water partition coefficient (Wildman–Crippen LogP) is 3.92. The van der Waals surface area contributed by atoms with Gasteiger partial charge in [0.1, 0.15) is 0 Å². The molecule has 0 aromatic carbocycles. The number of hydrogen-bond acceptors (Lipinski definition) is 3. The minimum Gasteiger partial charge on any atom is -0.362 e. The molecule has 104 valence electrons. The summed E-state index contributed by atoms with van der Waals surface area (Å²) in [5.74, 6) is 3.46. The molecule has 0 bridgehead atoms. The number of aliphatic imine (C=N–C) groups is 1. The molecular formula is C15H28N2S. The molecule has 0 saturated heterocycles. The fourth-order valence-electron chi connectivity index (χ4n) is 3.11. The Balaban J connectivity index is 1.93. The first-order valence-electron chi connectivity index (χ1n) is 7.55. The smallest absolute Gasteiger partial charge is 0.157 e. The van der Waals surface area contributed by atoms with E-state index in [1.165, 1.54) is 36.6 Å². The lowest BCUT2D eigenvalue weighted by molar-refractivity contribution is 0.225. The third kappa shape index (κ3) is 3.43. The Labute approximate surface area is 116 Å². The average molecular weight is 268 g/mol. The molecular weight excluding hydrogens is 240 g/mol. The van der Waals surface area contributed by atoms with Crippen LogP contribution >= 0.6 is 11.8 Å². The molecule has 0 aromatic heterocycles. The molecule has 2 rings (SSSR count). The number of hydrogen-bond donors (Lipinski definition) is 1. The first kappa shape index (κ1) is 14.2. The van der Waals surface area contributed by atoms with E-state index >= 15 is 0 Å². The summed E-state index contributed by atoms with van der Waals surface area (Å²) in [6, 6.07) is 1.19. The van der Waals surface area contributed by atoms with Gasteiger partial charge in [0.05, 0.1) is 6.04 Å². The van der Waals surface area contributed by atoms with Gasteiger partial charge in [0.15, 0.2) is 5.17 Å². The van der Waals surface area contributed by atoms with E-state index in [1.54, 1.807) is 0 Å². The number of amidine groups is 1. The number of rotatable bonds is 3. The lowest BCUT2D eigenvalue weighted by atomic mass is 9.78. The Hall–Kier alpha value is -0.180. The molecule has 0 aromatic rings. The third-order valence-corrected chi connectivity index (χ3v) is 5.43. The first-order chi connectivity index (χ1) is 8.58. The molecule has 0 spiro atoms. The highest BCUT2D eigenvalue weighted by Crippen LogP contribution is 2.31. The Morgan fingerprint density at radius 3 is 2.44 bits per heavy atom. The van der Waals surface area contributed by atoms with Gasteiger partial charge in [0.25, 0.3) is 0 Å². The molecule has 0 radical (unpaired) electrons. The van der Waals surface area contributed by atoms with Crippen molar-refractivity contribution < 1.29 is 0 Å². The fraction of sp³-hybridized carbons (Fsp3) is 0.933. The minimum atomic E-state index is 0.526. The molecule has 18 heavy (non-hydrogen) atoms. The molecule has 2 nitrogen and oxygen atoms in total. The molecule has 1 N–H and O–H groups in total. The van der Waals surface area contributed by atoms with E-state index in [0.29, 0.717) is 18.0 Å². The summed E-state index contributed by atoms with van der Waals surface area (Å²) in [5.41, 5.74) is 0. The van der Waals surface area contributed by atoms with E-state index in [-0.39, 0.29) is 0 Å². The highest BCUT2D eigenvalue weighted by atomic mass is 32.2. The van der Waals surface area contributed by atoms with E-state index in [2.05, 4.69) is 33.0 Å². The van der Waals surface area contributed by atoms with Crippen LogP contribution < -0.4 is 5.32 Å².